The molecular formula is C11H20N2O4. The van der Waals surface area contributed by atoms with Crippen molar-refractivity contribution in [3.63, 3.8) is 0 Å². The van der Waals surface area contributed by atoms with Crippen LogP contribution in [0.5, 0.6) is 0 Å². The van der Waals surface area contributed by atoms with Crippen LogP contribution in [-0.4, -0.2) is 48.4 Å². The van der Waals surface area contributed by atoms with Gasteiger partial charge in [-0.15, -0.1) is 0 Å². The molecule has 0 heterocycles. The topological polar surface area (TPSA) is 86.7 Å². The van der Waals surface area contributed by atoms with Gasteiger partial charge < -0.3 is 15.3 Å². The van der Waals surface area contributed by atoms with Crippen LogP contribution in [0.2, 0.25) is 0 Å². The number of nitrogens with one attached hydrogen (secondary N) is 1. The number of carbonyl (C=O) groups excluding carboxylic acids is 2. The van der Waals surface area contributed by atoms with Crippen molar-refractivity contribution in [3.05, 3.63) is 0 Å². The number of nitrogens with zero attached hydrogens (tertiary/aromatic N) is 1. The average molecular weight is 244 g/mol. The molecule has 17 heavy (non-hydrogen) atoms. The Morgan fingerprint density at radius 3 is 2.29 bits per heavy atom. The summed E-state index contributed by atoms with van der Waals surface area (Å²) in [5, 5.41) is 11.1. The Balaban J connectivity index is 3.73. The maximum absolute atomic E-state index is 11.4. The molecular weight excluding hydrogens is 224 g/mol. The molecule has 0 aliphatic carbocycles. The van der Waals surface area contributed by atoms with Crippen molar-refractivity contribution < 1.29 is 19.5 Å². The summed E-state index contributed by atoms with van der Waals surface area (Å²) < 4.78 is 0. The number of carboxylic acid groups (broad SMARTS) is 1. The van der Waals surface area contributed by atoms with Gasteiger partial charge in [0.15, 0.2) is 0 Å². The van der Waals surface area contributed by atoms with E-state index >= 15 is 0 Å². The van der Waals surface area contributed by atoms with Gasteiger partial charge in [-0.3, -0.25) is 14.4 Å². The van der Waals surface area contributed by atoms with E-state index in [2.05, 4.69) is 5.32 Å². The molecule has 6 heteroatoms. The molecule has 2 amide bonds. The minimum atomic E-state index is -0.909. The number of hydrogen-bond acceptors (Lipinski definition) is 3. The van der Waals surface area contributed by atoms with E-state index in [1.807, 2.05) is 0 Å². The predicted octanol–water partition coefficient (Wildman–Crippen LogP) is 0.0818. The van der Waals surface area contributed by atoms with Crippen molar-refractivity contribution in [1.29, 1.82) is 0 Å². The van der Waals surface area contributed by atoms with E-state index in [1.54, 1.807) is 21.0 Å². The fourth-order valence-corrected chi connectivity index (χ4v) is 1.29. The lowest BCUT2D eigenvalue weighted by atomic mass is 10.0. The molecule has 0 fully saturated rings. The zero-order valence-electron chi connectivity index (χ0n) is 10.5. The van der Waals surface area contributed by atoms with Gasteiger partial charge in [-0.1, -0.05) is 6.92 Å². The van der Waals surface area contributed by atoms with Crippen molar-refractivity contribution in [1.82, 2.24) is 10.2 Å². The lowest BCUT2D eigenvalue weighted by molar-refractivity contribution is -0.138. The summed E-state index contributed by atoms with van der Waals surface area (Å²) >= 11 is 0. The number of hydrogen-bond donors (Lipinski definition) is 2. The van der Waals surface area contributed by atoms with Gasteiger partial charge in [0.05, 0.1) is 0 Å². The number of amides is 2. The van der Waals surface area contributed by atoms with Gasteiger partial charge in [-0.25, -0.2) is 0 Å². The summed E-state index contributed by atoms with van der Waals surface area (Å²) in [7, 11) is 3.30. The molecule has 0 aromatic rings. The molecule has 1 atom stereocenters. The van der Waals surface area contributed by atoms with Crippen LogP contribution in [0.3, 0.4) is 0 Å². The fourth-order valence-electron chi connectivity index (χ4n) is 1.29. The molecule has 0 saturated carbocycles. The monoisotopic (exact) mass is 244 g/mol. The molecule has 0 aliphatic heterocycles. The quantitative estimate of drug-likeness (QED) is 0.664. The Morgan fingerprint density at radius 2 is 1.82 bits per heavy atom. The van der Waals surface area contributed by atoms with E-state index in [1.165, 1.54) is 4.90 Å². The van der Waals surface area contributed by atoms with Crippen molar-refractivity contribution >= 4 is 17.8 Å². The van der Waals surface area contributed by atoms with Crippen molar-refractivity contribution in [3.8, 4) is 0 Å². The Bertz CT molecular complexity index is 289. The second-order valence-electron chi connectivity index (χ2n) is 4.30. The fraction of sp³-hybridized carbons (Fsp3) is 0.727. The van der Waals surface area contributed by atoms with E-state index in [-0.39, 0.29) is 43.5 Å². The maximum atomic E-state index is 11.4. The molecule has 2 N–H and O–H groups in total. The summed E-state index contributed by atoms with van der Waals surface area (Å²) in [6.45, 7) is 1.99. The van der Waals surface area contributed by atoms with E-state index in [0.717, 1.165) is 0 Å². The number of rotatable bonds is 7. The number of carboxylic acids is 1. The Labute approximate surface area is 101 Å². The minimum Gasteiger partial charge on any atom is -0.481 e. The molecule has 0 bridgehead atoms. The predicted molar refractivity (Wildman–Crippen MR) is 62.4 cm³/mol. The van der Waals surface area contributed by atoms with Crippen LogP contribution < -0.4 is 5.32 Å². The van der Waals surface area contributed by atoms with Crippen molar-refractivity contribution in [2.45, 2.75) is 26.2 Å². The van der Waals surface area contributed by atoms with Crippen LogP contribution in [0.15, 0.2) is 0 Å². The molecule has 0 aliphatic rings. The average Bonchev–Trinajstić information content (AvgIpc) is 2.15. The summed E-state index contributed by atoms with van der Waals surface area (Å²) in [5.74, 6) is -1.38. The van der Waals surface area contributed by atoms with E-state index in [0.29, 0.717) is 0 Å². The molecule has 6 nitrogen and oxygen atoms in total. The molecule has 1 unspecified atom stereocenters. The van der Waals surface area contributed by atoms with Crippen LogP contribution in [-0.2, 0) is 14.4 Å². The molecule has 0 aromatic heterocycles. The van der Waals surface area contributed by atoms with Crippen LogP contribution >= 0.6 is 0 Å². The highest BCUT2D eigenvalue weighted by atomic mass is 16.4. The summed E-state index contributed by atoms with van der Waals surface area (Å²) in [5.41, 5.74) is 0. The summed E-state index contributed by atoms with van der Waals surface area (Å²) in [6.07, 6.45) is 0.401. The molecule has 0 saturated heterocycles. The zero-order chi connectivity index (χ0) is 13.4. The first-order valence-electron chi connectivity index (χ1n) is 5.51. The van der Waals surface area contributed by atoms with Gasteiger partial charge in [0, 0.05) is 39.9 Å². The second-order valence-corrected chi connectivity index (χ2v) is 4.30. The third kappa shape index (κ3) is 8.24. The van der Waals surface area contributed by atoms with Gasteiger partial charge >= 0.3 is 5.97 Å². The standard InChI is InChI=1S/C11H20N2O4/c1-8(7-11(16)17)6-9(14)12-5-4-10(15)13(2)3/h8H,4-7H2,1-3H3,(H,12,14)(H,16,17). The highest BCUT2D eigenvalue weighted by molar-refractivity contribution is 5.79. The Hall–Kier alpha value is -1.59. The van der Waals surface area contributed by atoms with Gasteiger partial charge in [0.1, 0.15) is 0 Å². The third-order valence-corrected chi connectivity index (χ3v) is 2.22. The van der Waals surface area contributed by atoms with E-state index < -0.39 is 5.97 Å². The Morgan fingerprint density at radius 1 is 1.24 bits per heavy atom. The van der Waals surface area contributed by atoms with Gasteiger partial charge in [0.2, 0.25) is 11.8 Å². The SMILES string of the molecule is CC(CC(=O)O)CC(=O)NCCC(=O)N(C)C. The van der Waals surface area contributed by atoms with Crippen molar-refractivity contribution in [2.75, 3.05) is 20.6 Å². The molecule has 0 radical (unpaired) electrons. The van der Waals surface area contributed by atoms with Crippen LogP contribution in [0.25, 0.3) is 0 Å². The molecule has 0 aromatic carbocycles. The first-order chi connectivity index (χ1) is 7.82. The second kappa shape index (κ2) is 7.65. The van der Waals surface area contributed by atoms with Gasteiger partial charge in [-0.05, 0) is 5.92 Å². The zero-order valence-corrected chi connectivity index (χ0v) is 10.5. The van der Waals surface area contributed by atoms with Gasteiger partial charge in [-0.2, -0.15) is 0 Å². The lowest BCUT2D eigenvalue weighted by Crippen LogP contribution is -2.31. The minimum absolute atomic E-state index is 0.0238. The highest BCUT2D eigenvalue weighted by Gasteiger charge is 2.12. The third-order valence-electron chi connectivity index (χ3n) is 2.22. The molecule has 0 rings (SSSR count). The summed E-state index contributed by atoms with van der Waals surface area (Å²) in [4.78, 5) is 34.4. The number of carbonyl (C=O) groups is 3. The Kier molecular flexibility index (Phi) is 6.93. The first-order valence-corrected chi connectivity index (χ1v) is 5.51. The normalized spacial score (nSPS) is 11.7. The van der Waals surface area contributed by atoms with E-state index in [9.17, 15) is 14.4 Å². The largest absolute Gasteiger partial charge is 0.481 e. The van der Waals surface area contributed by atoms with Crippen molar-refractivity contribution in [2.24, 2.45) is 5.92 Å². The first kappa shape index (κ1) is 15.4. The summed E-state index contributed by atoms with van der Waals surface area (Å²) in [6, 6.07) is 0. The molecule has 98 valence electrons. The lowest BCUT2D eigenvalue weighted by Gasteiger charge is -2.11. The van der Waals surface area contributed by atoms with Crippen LogP contribution in [0.4, 0.5) is 0 Å². The van der Waals surface area contributed by atoms with Gasteiger partial charge in [0.25, 0.3) is 0 Å². The highest BCUT2D eigenvalue weighted by Crippen LogP contribution is 2.06. The van der Waals surface area contributed by atoms with E-state index in [4.69, 9.17) is 5.11 Å². The molecule has 0 spiro atoms. The van der Waals surface area contributed by atoms with Crippen LogP contribution in [0, 0.1) is 5.92 Å². The maximum Gasteiger partial charge on any atom is 0.303 e. The smallest absolute Gasteiger partial charge is 0.303 e. The van der Waals surface area contributed by atoms with Crippen LogP contribution in [0.1, 0.15) is 26.2 Å². The number of aliphatic carboxylic acids is 1.